The zero-order chi connectivity index (χ0) is 20.9. The first-order chi connectivity index (χ1) is 14.1. The second kappa shape index (κ2) is 12.9. The molecule has 1 aliphatic rings. The molecule has 0 heterocycles. The van der Waals surface area contributed by atoms with Gasteiger partial charge < -0.3 is 15.4 Å². The quantitative estimate of drug-likeness (QED) is 0.500. The van der Waals surface area contributed by atoms with E-state index in [0.717, 1.165) is 18.4 Å². The fraction of sp³-hybridized carbons (Fsp3) is 0.583. The average Bonchev–Trinajstić information content (AvgIpc) is 2.70. The Morgan fingerprint density at radius 1 is 1.07 bits per heavy atom. The van der Waals surface area contributed by atoms with Crippen LogP contribution in [0.2, 0.25) is 0 Å². The summed E-state index contributed by atoms with van der Waals surface area (Å²) >= 11 is 0. The third-order valence-electron chi connectivity index (χ3n) is 5.54. The van der Waals surface area contributed by atoms with Crippen LogP contribution in [0.5, 0.6) is 5.75 Å². The van der Waals surface area contributed by atoms with Gasteiger partial charge in [0.15, 0.2) is 0 Å². The summed E-state index contributed by atoms with van der Waals surface area (Å²) in [7, 11) is 1.56. The fourth-order valence-corrected chi connectivity index (χ4v) is 3.79. The zero-order valence-electron chi connectivity index (χ0n) is 17.9. The minimum atomic E-state index is -0.419. The smallest absolute Gasteiger partial charge is 0.267 e. The van der Waals surface area contributed by atoms with Gasteiger partial charge in [0.2, 0.25) is 0 Å². The van der Waals surface area contributed by atoms with Crippen molar-refractivity contribution in [3.63, 3.8) is 0 Å². The van der Waals surface area contributed by atoms with Gasteiger partial charge in [-0.05, 0) is 37.5 Å². The first-order valence-electron chi connectivity index (χ1n) is 11.0. The molecule has 1 amide bonds. The molecule has 2 rings (SSSR count). The Hall–Kier alpha value is -2.48. The number of nitriles is 1. The van der Waals surface area contributed by atoms with Gasteiger partial charge in [-0.2, -0.15) is 5.26 Å². The molecule has 158 valence electrons. The van der Waals surface area contributed by atoms with Crippen LogP contribution in [0.3, 0.4) is 0 Å². The number of amides is 1. The van der Waals surface area contributed by atoms with Crippen LogP contribution in [0, 0.1) is 18.3 Å². The maximum atomic E-state index is 12.6. The van der Waals surface area contributed by atoms with Crippen molar-refractivity contribution in [1.29, 1.82) is 5.26 Å². The topological polar surface area (TPSA) is 74.1 Å². The first kappa shape index (κ1) is 22.8. The molecule has 2 N–H and O–H groups in total. The SMILES string of the molecule is COc1ccc(C)cc1NC(=O)/C(C#N)=C\NC1CCCCCCCCCCC1. The van der Waals surface area contributed by atoms with Gasteiger partial charge in [-0.3, -0.25) is 4.79 Å². The van der Waals surface area contributed by atoms with Crippen LogP contribution in [0.1, 0.15) is 76.2 Å². The van der Waals surface area contributed by atoms with Gasteiger partial charge in [0.25, 0.3) is 5.91 Å². The van der Waals surface area contributed by atoms with Gasteiger partial charge in [-0.1, -0.05) is 63.9 Å². The van der Waals surface area contributed by atoms with E-state index in [-0.39, 0.29) is 5.57 Å². The summed E-state index contributed by atoms with van der Waals surface area (Å²) < 4.78 is 5.30. The normalized spacial score (nSPS) is 17.3. The molecule has 1 aromatic rings. The lowest BCUT2D eigenvalue weighted by Gasteiger charge is -2.18. The van der Waals surface area contributed by atoms with Crippen LogP contribution in [-0.2, 0) is 4.79 Å². The summed E-state index contributed by atoms with van der Waals surface area (Å²) in [5.74, 6) is 0.158. The maximum absolute atomic E-state index is 12.6. The number of hydrogen-bond donors (Lipinski definition) is 2. The van der Waals surface area contributed by atoms with Crippen molar-refractivity contribution in [2.75, 3.05) is 12.4 Å². The molecule has 1 fully saturated rings. The summed E-state index contributed by atoms with van der Waals surface area (Å²) in [5.41, 5.74) is 1.67. The van der Waals surface area contributed by atoms with E-state index in [2.05, 4.69) is 10.6 Å². The monoisotopic (exact) mass is 397 g/mol. The molecule has 0 aromatic heterocycles. The van der Waals surface area contributed by atoms with Crippen LogP contribution < -0.4 is 15.4 Å². The average molecular weight is 398 g/mol. The van der Waals surface area contributed by atoms with Crippen molar-refractivity contribution >= 4 is 11.6 Å². The number of ether oxygens (including phenoxy) is 1. The van der Waals surface area contributed by atoms with E-state index < -0.39 is 5.91 Å². The van der Waals surface area contributed by atoms with Crippen molar-refractivity contribution in [3.8, 4) is 11.8 Å². The maximum Gasteiger partial charge on any atom is 0.267 e. The Kier molecular flexibility index (Phi) is 10.1. The Bertz CT molecular complexity index is 709. The summed E-state index contributed by atoms with van der Waals surface area (Å²) in [6.07, 6.45) is 15.4. The Labute approximate surface area is 175 Å². The summed E-state index contributed by atoms with van der Waals surface area (Å²) in [6, 6.07) is 7.91. The molecule has 0 atom stereocenters. The number of nitrogens with zero attached hydrogens (tertiary/aromatic N) is 1. The number of hydrogen-bond acceptors (Lipinski definition) is 4. The molecular weight excluding hydrogens is 362 g/mol. The van der Waals surface area contributed by atoms with Gasteiger partial charge in [-0.25, -0.2) is 0 Å². The lowest BCUT2D eigenvalue weighted by molar-refractivity contribution is -0.112. The van der Waals surface area contributed by atoms with E-state index in [9.17, 15) is 10.1 Å². The first-order valence-corrected chi connectivity index (χ1v) is 11.0. The number of benzene rings is 1. The Balaban J connectivity index is 1.98. The second-order valence-corrected chi connectivity index (χ2v) is 7.95. The highest BCUT2D eigenvalue weighted by Gasteiger charge is 2.14. The molecule has 1 saturated carbocycles. The number of methoxy groups -OCH3 is 1. The highest BCUT2D eigenvalue weighted by atomic mass is 16.5. The van der Waals surface area contributed by atoms with E-state index >= 15 is 0 Å². The van der Waals surface area contributed by atoms with E-state index in [1.54, 1.807) is 13.3 Å². The molecule has 0 spiro atoms. The summed E-state index contributed by atoms with van der Waals surface area (Å²) in [4.78, 5) is 12.6. The predicted molar refractivity (Wildman–Crippen MR) is 118 cm³/mol. The zero-order valence-corrected chi connectivity index (χ0v) is 17.9. The van der Waals surface area contributed by atoms with Gasteiger partial charge in [-0.15, -0.1) is 0 Å². The van der Waals surface area contributed by atoms with E-state index in [1.165, 1.54) is 57.8 Å². The summed E-state index contributed by atoms with van der Waals surface area (Å²) in [5, 5.41) is 15.6. The predicted octanol–water partition coefficient (Wildman–Crippen LogP) is 5.61. The molecular formula is C24H35N3O2. The Morgan fingerprint density at radius 3 is 2.21 bits per heavy atom. The molecule has 5 nitrogen and oxygen atoms in total. The number of carbonyl (C=O) groups is 1. The van der Waals surface area contributed by atoms with Crippen LogP contribution >= 0.6 is 0 Å². The van der Waals surface area contributed by atoms with Gasteiger partial charge in [0.1, 0.15) is 17.4 Å². The number of carbonyl (C=O) groups excluding carboxylic acids is 1. The highest BCUT2D eigenvalue weighted by Crippen LogP contribution is 2.25. The van der Waals surface area contributed by atoms with Gasteiger partial charge in [0, 0.05) is 12.2 Å². The Morgan fingerprint density at radius 2 is 1.66 bits per heavy atom. The van der Waals surface area contributed by atoms with Crippen LogP contribution in [0.4, 0.5) is 5.69 Å². The van der Waals surface area contributed by atoms with Crippen LogP contribution in [0.25, 0.3) is 0 Å². The van der Waals surface area contributed by atoms with Crippen molar-refractivity contribution in [2.45, 2.75) is 83.6 Å². The van der Waals surface area contributed by atoms with Crippen LogP contribution in [0.15, 0.2) is 30.0 Å². The van der Waals surface area contributed by atoms with Crippen molar-refractivity contribution < 1.29 is 9.53 Å². The molecule has 0 saturated heterocycles. The highest BCUT2D eigenvalue weighted by molar-refractivity contribution is 6.07. The van der Waals surface area contributed by atoms with Gasteiger partial charge >= 0.3 is 0 Å². The van der Waals surface area contributed by atoms with Crippen LogP contribution in [-0.4, -0.2) is 19.1 Å². The van der Waals surface area contributed by atoms with Crippen molar-refractivity contribution in [3.05, 3.63) is 35.5 Å². The minimum absolute atomic E-state index is 0.0830. The summed E-state index contributed by atoms with van der Waals surface area (Å²) in [6.45, 7) is 1.95. The molecule has 1 aliphatic carbocycles. The van der Waals surface area contributed by atoms with E-state index in [4.69, 9.17) is 4.74 Å². The molecule has 29 heavy (non-hydrogen) atoms. The fourth-order valence-electron chi connectivity index (χ4n) is 3.79. The molecule has 5 heteroatoms. The number of nitrogens with one attached hydrogen (secondary N) is 2. The lowest BCUT2D eigenvalue weighted by Crippen LogP contribution is -2.26. The molecule has 0 radical (unpaired) electrons. The number of anilines is 1. The van der Waals surface area contributed by atoms with E-state index in [0.29, 0.717) is 17.5 Å². The molecule has 0 aliphatic heterocycles. The third kappa shape index (κ3) is 8.19. The lowest BCUT2D eigenvalue weighted by atomic mass is 9.98. The number of rotatable bonds is 5. The molecule has 1 aromatic carbocycles. The largest absolute Gasteiger partial charge is 0.495 e. The molecule has 0 bridgehead atoms. The van der Waals surface area contributed by atoms with Crippen molar-refractivity contribution in [1.82, 2.24) is 5.32 Å². The second-order valence-electron chi connectivity index (χ2n) is 7.95. The molecule has 0 unspecified atom stereocenters. The standard InChI is InChI=1S/C24H35N3O2/c1-19-14-15-23(29-2)22(16-19)27-24(28)20(17-25)18-26-21-12-10-8-6-4-3-5-7-9-11-13-21/h14-16,18,21,26H,3-13H2,1-2H3,(H,27,28)/b20-18-. The third-order valence-corrected chi connectivity index (χ3v) is 5.54. The number of aryl methyl sites for hydroxylation is 1. The van der Waals surface area contributed by atoms with Gasteiger partial charge in [0.05, 0.1) is 12.8 Å². The minimum Gasteiger partial charge on any atom is -0.495 e. The van der Waals surface area contributed by atoms with E-state index in [1.807, 2.05) is 31.2 Å². The van der Waals surface area contributed by atoms with Crippen molar-refractivity contribution in [2.24, 2.45) is 0 Å².